The molecule has 0 atom stereocenters. The molecular weight excluding hydrogens is 340 g/mol. The van der Waals surface area contributed by atoms with Crippen LogP contribution in [0, 0.1) is 6.92 Å². The number of anilines is 1. The molecule has 3 nitrogen and oxygen atoms in total. The number of aryl methyl sites for hydroxylation is 1. The summed E-state index contributed by atoms with van der Waals surface area (Å²) in [4.78, 5) is 16.9. The first kappa shape index (κ1) is 16.6. The van der Waals surface area contributed by atoms with Crippen molar-refractivity contribution in [2.45, 2.75) is 11.9 Å². The van der Waals surface area contributed by atoms with E-state index in [4.69, 9.17) is 0 Å². The van der Waals surface area contributed by atoms with Gasteiger partial charge in [0.15, 0.2) is 0 Å². The number of fused-ring (bicyclic) bond motifs is 2. The lowest BCUT2D eigenvalue weighted by Gasteiger charge is -2.08. The maximum Gasteiger partial charge on any atom is 0.234 e. The second-order valence-electron chi connectivity index (χ2n) is 6.19. The van der Waals surface area contributed by atoms with E-state index < -0.39 is 0 Å². The topological polar surface area (TPSA) is 42.0 Å². The van der Waals surface area contributed by atoms with Gasteiger partial charge in [-0.25, -0.2) is 4.98 Å². The van der Waals surface area contributed by atoms with E-state index in [0.29, 0.717) is 5.75 Å². The molecule has 4 heteroatoms. The number of amides is 1. The van der Waals surface area contributed by atoms with Crippen molar-refractivity contribution in [1.82, 2.24) is 4.98 Å². The third kappa shape index (κ3) is 3.55. The van der Waals surface area contributed by atoms with Crippen LogP contribution in [0.5, 0.6) is 0 Å². The third-order valence-electron chi connectivity index (χ3n) is 4.28. The number of nitrogens with zero attached hydrogens (tertiary/aromatic N) is 1. The fraction of sp³-hybridized carbons (Fsp3) is 0.0909. The quantitative estimate of drug-likeness (QED) is 0.495. The maximum atomic E-state index is 12.3. The Balaban J connectivity index is 1.45. The first-order valence-corrected chi connectivity index (χ1v) is 9.45. The fourth-order valence-corrected chi connectivity index (χ4v) is 3.77. The van der Waals surface area contributed by atoms with Crippen molar-refractivity contribution in [2.24, 2.45) is 0 Å². The molecular formula is C22H18N2OS. The molecule has 4 rings (SSSR count). The molecule has 0 spiro atoms. The van der Waals surface area contributed by atoms with Gasteiger partial charge in [0, 0.05) is 11.1 Å². The normalized spacial score (nSPS) is 11.0. The lowest BCUT2D eigenvalue weighted by molar-refractivity contribution is -0.113. The summed E-state index contributed by atoms with van der Waals surface area (Å²) < 4.78 is 0. The van der Waals surface area contributed by atoms with Gasteiger partial charge in [-0.1, -0.05) is 60.3 Å². The summed E-state index contributed by atoms with van der Waals surface area (Å²) in [5, 5.41) is 7.27. The van der Waals surface area contributed by atoms with Crippen LogP contribution in [0.1, 0.15) is 5.56 Å². The standard InChI is InChI=1S/C22H18N2OS/c1-15-12-22(24-20-9-5-4-8-19(15)20)26-14-21(25)23-18-11-10-16-6-2-3-7-17(16)13-18/h2-13H,14H2,1H3,(H,23,25). The van der Waals surface area contributed by atoms with Crippen molar-refractivity contribution in [1.29, 1.82) is 0 Å². The molecule has 4 aromatic rings. The van der Waals surface area contributed by atoms with Gasteiger partial charge in [0.05, 0.1) is 16.3 Å². The predicted molar refractivity (Wildman–Crippen MR) is 110 cm³/mol. The summed E-state index contributed by atoms with van der Waals surface area (Å²) in [7, 11) is 0. The maximum absolute atomic E-state index is 12.3. The molecule has 1 aromatic heterocycles. The van der Waals surface area contributed by atoms with Crippen molar-refractivity contribution in [3.63, 3.8) is 0 Å². The minimum Gasteiger partial charge on any atom is -0.325 e. The van der Waals surface area contributed by atoms with Gasteiger partial charge in [0.25, 0.3) is 0 Å². The van der Waals surface area contributed by atoms with E-state index in [2.05, 4.69) is 29.4 Å². The Morgan fingerprint density at radius 2 is 1.73 bits per heavy atom. The molecule has 128 valence electrons. The summed E-state index contributed by atoms with van der Waals surface area (Å²) >= 11 is 1.46. The van der Waals surface area contributed by atoms with Gasteiger partial charge in [-0.05, 0) is 47.5 Å². The molecule has 0 aliphatic carbocycles. The number of carbonyl (C=O) groups excluding carboxylic acids is 1. The van der Waals surface area contributed by atoms with E-state index >= 15 is 0 Å². The number of hydrogen-bond acceptors (Lipinski definition) is 3. The molecule has 26 heavy (non-hydrogen) atoms. The fourth-order valence-electron chi connectivity index (χ4n) is 3.00. The zero-order chi connectivity index (χ0) is 17.9. The van der Waals surface area contributed by atoms with Crippen molar-refractivity contribution in [3.05, 3.63) is 78.4 Å². The number of nitrogens with one attached hydrogen (secondary N) is 1. The Kier molecular flexibility index (Phi) is 4.59. The molecule has 1 amide bonds. The third-order valence-corrected chi connectivity index (χ3v) is 5.20. The lowest BCUT2D eigenvalue weighted by Crippen LogP contribution is -2.14. The van der Waals surface area contributed by atoms with Gasteiger partial charge >= 0.3 is 0 Å². The summed E-state index contributed by atoms with van der Waals surface area (Å²) in [6, 6.07) is 24.2. The van der Waals surface area contributed by atoms with Crippen LogP contribution < -0.4 is 5.32 Å². The van der Waals surface area contributed by atoms with Gasteiger partial charge < -0.3 is 5.32 Å². The molecule has 0 fully saturated rings. The van der Waals surface area contributed by atoms with E-state index in [1.165, 1.54) is 17.3 Å². The van der Waals surface area contributed by atoms with Crippen molar-refractivity contribution >= 4 is 45.0 Å². The smallest absolute Gasteiger partial charge is 0.234 e. The largest absolute Gasteiger partial charge is 0.325 e. The van der Waals surface area contributed by atoms with Crippen LogP contribution in [0.4, 0.5) is 5.69 Å². The molecule has 1 heterocycles. The van der Waals surface area contributed by atoms with Crippen LogP contribution in [0.2, 0.25) is 0 Å². The number of hydrogen-bond donors (Lipinski definition) is 1. The van der Waals surface area contributed by atoms with Crippen LogP contribution in [-0.2, 0) is 4.79 Å². The van der Waals surface area contributed by atoms with Gasteiger partial charge in [-0.2, -0.15) is 0 Å². The molecule has 0 saturated heterocycles. The first-order valence-electron chi connectivity index (χ1n) is 8.47. The number of pyridine rings is 1. The van der Waals surface area contributed by atoms with Crippen LogP contribution >= 0.6 is 11.8 Å². The van der Waals surface area contributed by atoms with Gasteiger partial charge in [-0.3, -0.25) is 4.79 Å². The highest BCUT2D eigenvalue weighted by atomic mass is 32.2. The predicted octanol–water partition coefficient (Wildman–Crippen LogP) is 5.43. The molecule has 0 bridgehead atoms. The van der Waals surface area contributed by atoms with E-state index in [1.54, 1.807) is 0 Å². The number of rotatable bonds is 4. The minimum absolute atomic E-state index is 0.0297. The second-order valence-corrected chi connectivity index (χ2v) is 7.19. The zero-order valence-corrected chi connectivity index (χ0v) is 15.2. The molecule has 0 aliphatic rings. The highest BCUT2D eigenvalue weighted by molar-refractivity contribution is 7.99. The number of carbonyl (C=O) groups is 1. The number of para-hydroxylation sites is 1. The Morgan fingerprint density at radius 1 is 0.962 bits per heavy atom. The van der Waals surface area contributed by atoms with E-state index in [1.807, 2.05) is 60.7 Å². The Labute approximate surface area is 156 Å². The summed E-state index contributed by atoms with van der Waals surface area (Å²) in [6.45, 7) is 2.07. The molecule has 0 radical (unpaired) electrons. The molecule has 0 aliphatic heterocycles. The van der Waals surface area contributed by atoms with Crippen molar-refractivity contribution in [2.75, 3.05) is 11.1 Å². The average molecular weight is 358 g/mol. The number of aromatic nitrogens is 1. The monoisotopic (exact) mass is 358 g/mol. The van der Waals surface area contributed by atoms with Gasteiger partial charge in [0.2, 0.25) is 5.91 Å². The van der Waals surface area contributed by atoms with E-state index in [0.717, 1.165) is 32.4 Å². The van der Waals surface area contributed by atoms with Gasteiger partial charge in [0.1, 0.15) is 0 Å². The first-order chi connectivity index (χ1) is 12.7. The summed E-state index contributed by atoms with van der Waals surface area (Å²) in [6.07, 6.45) is 0. The highest BCUT2D eigenvalue weighted by Crippen LogP contribution is 2.24. The van der Waals surface area contributed by atoms with E-state index in [-0.39, 0.29) is 5.91 Å². The SMILES string of the molecule is Cc1cc(SCC(=O)Nc2ccc3ccccc3c2)nc2ccccc12. The van der Waals surface area contributed by atoms with Crippen LogP contribution in [0.25, 0.3) is 21.7 Å². The molecule has 0 saturated carbocycles. The van der Waals surface area contributed by atoms with Crippen LogP contribution in [0.15, 0.2) is 77.8 Å². The van der Waals surface area contributed by atoms with Crippen molar-refractivity contribution < 1.29 is 4.79 Å². The number of benzene rings is 3. The van der Waals surface area contributed by atoms with Crippen LogP contribution in [-0.4, -0.2) is 16.6 Å². The highest BCUT2D eigenvalue weighted by Gasteiger charge is 2.07. The van der Waals surface area contributed by atoms with Gasteiger partial charge in [-0.15, -0.1) is 0 Å². The molecule has 0 unspecified atom stereocenters. The zero-order valence-electron chi connectivity index (χ0n) is 14.4. The Morgan fingerprint density at radius 3 is 2.62 bits per heavy atom. The lowest BCUT2D eigenvalue weighted by atomic mass is 10.1. The minimum atomic E-state index is -0.0297. The average Bonchev–Trinajstić information content (AvgIpc) is 2.66. The van der Waals surface area contributed by atoms with Crippen molar-refractivity contribution in [3.8, 4) is 0 Å². The second kappa shape index (κ2) is 7.18. The Hall–Kier alpha value is -2.85. The summed E-state index contributed by atoms with van der Waals surface area (Å²) in [5.41, 5.74) is 2.95. The Bertz CT molecular complexity index is 1110. The summed E-state index contributed by atoms with van der Waals surface area (Å²) in [5.74, 6) is 0.301. The number of thioether (sulfide) groups is 1. The molecule has 3 aromatic carbocycles. The van der Waals surface area contributed by atoms with E-state index in [9.17, 15) is 4.79 Å². The van der Waals surface area contributed by atoms with Crippen LogP contribution in [0.3, 0.4) is 0 Å². The molecule has 1 N–H and O–H groups in total.